The lowest BCUT2D eigenvalue weighted by atomic mass is 9.96. The lowest BCUT2D eigenvalue weighted by Gasteiger charge is -2.19. The van der Waals surface area contributed by atoms with Crippen LogP contribution in [-0.4, -0.2) is 35.5 Å². The van der Waals surface area contributed by atoms with Crippen molar-refractivity contribution in [3.05, 3.63) is 0 Å². The molecule has 0 aromatic carbocycles. The zero-order chi connectivity index (χ0) is 11.0. The van der Waals surface area contributed by atoms with Crippen LogP contribution in [0, 0.1) is 5.92 Å². The number of aliphatic hydroxyl groups excluding tert-OH is 1. The van der Waals surface area contributed by atoms with Crippen LogP contribution in [0.1, 0.15) is 33.1 Å². The Labute approximate surface area is 84.9 Å². The third kappa shape index (κ3) is 5.94. The van der Waals surface area contributed by atoms with Crippen LogP contribution < -0.4 is 0 Å². The SMILES string of the molecule is CCC(CC)CC(CO)OCC(=O)O. The normalized spacial score (nSPS) is 13.1. The molecule has 0 radical (unpaired) electrons. The summed E-state index contributed by atoms with van der Waals surface area (Å²) >= 11 is 0. The Hall–Kier alpha value is -0.610. The van der Waals surface area contributed by atoms with Gasteiger partial charge < -0.3 is 14.9 Å². The van der Waals surface area contributed by atoms with Crippen molar-refractivity contribution in [2.24, 2.45) is 5.92 Å². The number of carboxylic acid groups (broad SMARTS) is 1. The average Bonchev–Trinajstić information content (AvgIpc) is 2.18. The molecule has 0 spiro atoms. The second-order valence-electron chi connectivity index (χ2n) is 3.43. The summed E-state index contributed by atoms with van der Waals surface area (Å²) in [6.45, 7) is 3.73. The van der Waals surface area contributed by atoms with Crippen LogP contribution in [0.5, 0.6) is 0 Å². The van der Waals surface area contributed by atoms with E-state index in [-0.39, 0.29) is 19.3 Å². The fourth-order valence-electron chi connectivity index (χ4n) is 1.38. The Morgan fingerprint density at radius 1 is 1.36 bits per heavy atom. The zero-order valence-electron chi connectivity index (χ0n) is 8.90. The van der Waals surface area contributed by atoms with Crippen LogP contribution in [0.4, 0.5) is 0 Å². The number of carbonyl (C=O) groups is 1. The molecule has 14 heavy (non-hydrogen) atoms. The van der Waals surface area contributed by atoms with E-state index in [2.05, 4.69) is 13.8 Å². The number of carboxylic acids is 1. The molecule has 4 heteroatoms. The predicted octanol–water partition coefficient (Wildman–Crippen LogP) is 1.27. The van der Waals surface area contributed by atoms with E-state index in [0.717, 1.165) is 19.3 Å². The number of aliphatic carboxylic acids is 1. The van der Waals surface area contributed by atoms with Gasteiger partial charge in [0.1, 0.15) is 6.61 Å². The highest BCUT2D eigenvalue weighted by molar-refractivity contribution is 5.68. The number of ether oxygens (including phenoxy) is 1. The van der Waals surface area contributed by atoms with Crippen molar-refractivity contribution in [3.8, 4) is 0 Å². The zero-order valence-corrected chi connectivity index (χ0v) is 8.90. The van der Waals surface area contributed by atoms with E-state index in [1.54, 1.807) is 0 Å². The fraction of sp³-hybridized carbons (Fsp3) is 0.900. The maximum absolute atomic E-state index is 10.2. The Balaban J connectivity index is 3.82. The van der Waals surface area contributed by atoms with Crippen LogP contribution in [0.3, 0.4) is 0 Å². The Morgan fingerprint density at radius 2 is 1.93 bits per heavy atom. The molecule has 0 aliphatic carbocycles. The van der Waals surface area contributed by atoms with Crippen molar-refractivity contribution in [3.63, 3.8) is 0 Å². The van der Waals surface area contributed by atoms with Gasteiger partial charge in [0.25, 0.3) is 0 Å². The molecule has 1 atom stereocenters. The highest BCUT2D eigenvalue weighted by Crippen LogP contribution is 2.16. The number of rotatable bonds is 8. The molecule has 4 nitrogen and oxygen atoms in total. The van der Waals surface area contributed by atoms with Crippen LogP contribution in [0.2, 0.25) is 0 Å². The van der Waals surface area contributed by atoms with Crippen molar-refractivity contribution < 1.29 is 19.7 Å². The summed E-state index contributed by atoms with van der Waals surface area (Å²) in [4.78, 5) is 10.2. The minimum atomic E-state index is -0.993. The molecular formula is C10H20O4. The van der Waals surface area contributed by atoms with Gasteiger partial charge in [-0.1, -0.05) is 26.7 Å². The summed E-state index contributed by atoms with van der Waals surface area (Å²) in [6, 6.07) is 0. The molecule has 0 amide bonds. The van der Waals surface area contributed by atoms with Gasteiger partial charge in [-0.3, -0.25) is 0 Å². The maximum Gasteiger partial charge on any atom is 0.329 e. The summed E-state index contributed by atoms with van der Waals surface area (Å²) in [7, 11) is 0. The van der Waals surface area contributed by atoms with Crippen LogP contribution in [-0.2, 0) is 9.53 Å². The minimum Gasteiger partial charge on any atom is -0.480 e. The highest BCUT2D eigenvalue weighted by atomic mass is 16.5. The van der Waals surface area contributed by atoms with Crippen molar-refractivity contribution in [1.82, 2.24) is 0 Å². The third-order valence-corrected chi connectivity index (χ3v) is 2.40. The molecule has 0 aromatic heterocycles. The Bertz CT molecular complexity index is 154. The molecule has 84 valence electrons. The fourth-order valence-corrected chi connectivity index (χ4v) is 1.38. The molecule has 0 rings (SSSR count). The van der Waals surface area contributed by atoms with E-state index >= 15 is 0 Å². The van der Waals surface area contributed by atoms with Crippen molar-refractivity contribution in [1.29, 1.82) is 0 Å². The largest absolute Gasteiger partial charge is 0.480 e. The van der Waals surface area contributed by atoms with Gasteiger partial charge in [-0.15, -0.1) is 0 Å². The monoisotopic (exact) mass is 204 g/mol. The van der Waals surface area contributed by atoms with Crippen LogP contribution in [0.25, 0.3) is 0 Å². The predicted molar refractivity (Wildman–Crippen MR) is 53.2 cm³/mol. The number of aliphatic hydroxyl groups is 1. The van der Waals surface area contributed by atoms with E-state index in [1.807, 2.05) is 0 Å². The lowest BCUT2D eigenvalue weighted by Crippen LogP contribution is -2.24. The van der Waals surface area contributed by atoms with E-state index in [1.165, 1.54) is 0 Å². The molecule has 0 saturated carbocycles. The van der Waals surface area contributed by atoms with Gasteiger partial charge in [0, 0.05) is 0 Å². The minimum absolute atomic E-state index is 0.107. The molecule has 0 fully saturated rings. The van der Waals surface area contributed by atoms with Gasteiger partial charge in [-0.05, 0) is 12.3 Å². The summed E-state index contributed by atoms with van der Waals surface area (Å²) in [5, 5.41) is 17.4. The standard InChI is InChI=1S/C10H20O4/c1-3-8(4-2)5-9(6-11)14-7-10(12)13/h8-9,11H,3-7H2,1-2H3,(H,12,13). The topological polar surface area (TPSA) is 66.8 Å². The molecule has 1 unspecified atom stereocenters. The quantitative estimate of drug-likeness (QED) is 0.625. The first-order valence-electron chi connectivity index (χ1n) is 5.08. The van der Waals surface area contributed by atoms with E-state index in [4.69, 9.17) is 14.9 Å². The second kappa shape index (κ2) is 7.76. The molecule has 0 aliphatic rings. The lowest BCUT2D eigenvalue weighted by molar-refractivity contribution is -0.145. The van der Waals surface area contributed by atoms with Crippen molar-refractivity contribution in [2.75, 3.05) is 13.2 Å². The molecule has 2 N–H and O–H groups in total. The van der Waals surface area contributed by atoms with E-state index < -0.39 is 5.97 Å². The average molecular weight is 204 g/mol. The first-order valence-corrected chi connectivity index (χ1v) is 5.08. The summed E-state index contributed by atoms with van der Waals surface area (Å²) in [5.41, 5.74) is 0. The molecule has 0 bridgehead atoms. The summed E-state index contributed by atoms with van der Waals surface area (Å²) in [5.74, 6) is -0.492. The Morgan fingerprint density at radius 3 is 2.29 bits per heavy atom. The number of hydrogen-bond donors (Lipinski definition) is 2. The smallest absolute Gasteiger partial charge is 0.329 e. The first kappa shape index (κ1) is 13.4. The van der Waals surface area contributed by atoms with Gasteiger partial charge in [0.05, 0.1) is 12.7 Å². The van der Waals surface area contributed by atoms with E-state index in [0.29, 0.717) is 5.92 Å². The Kier molecular flexibility index (Phi) is 7.42. The van der Waals surface area contributed by atoms with Crippen LogP contribution >= 0.6 is 0 Å². The third-order valence-electron chi connectivity index (χ3n) is 2.40. The summed E-state index contributed by atoms with van der Waals surface area (Å²) in [6.07, 6.45) is 2.46. The van der Waals surface area contributed by atoms with E-state index in [9.17, 15) is 4.79 Å². The van der Waals surface area contributed by atoms with Gasteiger partial charge in [-0.2, -0.15) is 0 Å². The maximum atomic E-state index is 10.2. The number of hydrogen-bond acceptors (Lipinski definition) is 3. The van der Waals surface area contributed by atoms with Gasteiger partial charge in [-0.25, -0.2) is 4.79 Å². The molecular weight excluding hydrogens is 184 g/mol. The second-order valence-corrected chi connectivity index (χ2v) is 3.43. The molecule has 0 aliphatic heterocycles. The molecule has 0 aromatic rings. The summed E-state index contributed by atoms with van der Waals surface area (Å²) < 4.78 is 5.04. The molecule has 0 saturated heterocycles. The van der Waals surface area contributed by atoms with Crippen molar-refractivity contribution in [2.45, 2.75) is 39.2 Å². The van der Waals surface area contributed by atoms with Crippen molar-refractivity contribution >= 4 is 5.97 Å². The van der Waals surface area contributed by atoms with Gasteiger partial charge in [0.15, 0.2) is 0 Å². The highest BCUT2D eigenvalue weighted by Gasteiger charge is 2.14. The van der Waals surface area contributed by atoms with Gasteiger partial charge in [0.2, 0.25) is 0 Å². The first-order chi connectivity index (χ1) is 6.63. The van der Waals surface area contributed by atoms with Crippen LogP contribution in [0.15, 0.2) is 0 Å². The van der Waals surface area contributed by atoms with Gasteiger partial charge >= 0.3 is 5.97 Å². The molecule has 0 heterocycles.